The van der Waals surface area contributed by atoms with E-state index < -0.39 is 42.0 Å². The highest BCUT2D eigenvalue weighted by atomic mass is 16.6. The number of rotatable bonds is 3. The molecule has 0 saturated heterocycles. The number of anilines is 1. The van der Waals surface area contributed by atoms with E-state index in [4.69, 9.17) is 4.74 Å². The molecule has 2 saturated carbocycles. The maximum atomic E-state index is 13.3. The first-order valence-electron chi connectivity index (χ1n) is 12.8. The third-order valence-electron chi connectivity index (χ3n) is 9.97. The van der Waals surface area contributed by atoms with Gasteiger partial charge in [0.1, 0.15) is 17.5 Å². The van der Waals surface area contributed by atoms with Crippen molar-refractivity contribution in [3.63, 3.8) is 0 Å². The van der Waals surface area contributed by atoms with Crippen molar-refractivity contribution >= 4 is 11.9 Å². The highest BCUT2D eigenvalue weighted by Crippen LogP contribution is 2.72. The summed E-state index contributed by atoms with van der Waals surface area (Å²) in [6.07, 6.45) is -0.126. The summed E-state index contributed by atoms with van der Waals surface area (Å²) in [5.41, 5.74) is -1.75. The Bertz CT molecular complexity index is 1160. The lowest BCUT2D eigenvalue weighted by Gasteiger charge is -2.52. The molecule has 9 heteroatoms. The van der Waals surface area contributed by atoms with E-state index in [2.05, 4.69) is 18.9 Å². The van der Waals surface area contributed by atoms with Crippen molar-refractivity contribution in [1.82, 2.24) is 9.78 Å². The largest absolute Gasteiger partial charge is 0.438 e. The zero-order valence-electron chi connectivity index (χ0n) is 22.1. The molecule has 0 radical (unpaired) electrons. The zero-order valence-corrected chi connectivity index (χ0v) is 22.1. The van der Waals surface area contributed by atoms with E-state index in [1.165, 1.54) is 4.90 Å². The Morgan fingerprint density at radius 3 is 2.56 bits per heavy atom. The van der Waals surface area contributed by atoms with Gasteiger partial charge in [-0.3, -0.25) is 9.58 Å². The SMILES string of the molecule is CC1=C[C@]23C(O)[C@@H](C=C(CO)[C@@H](O)[C@]2(O)[C@H]1OC(=O)N(C)c1cc(C)nn1C)[C@H]1[C@@H](C[C@H]3C)C1(C)C. The van der Waals surface area contributed by atoms with Crippen molar-refractivity contribution in [3.8, 4) is 0 Å². The maximum absolute atomic E-state index is 13.3. The monoisotopic (exact) mass is 501 g/mol. The van der Waals surface area contributed by atoms with Crippen molar-refractivity contribution in [2.24, 2.45) is 41.5 Å². The number of ether oxygens (including phenoxy) is 1. The summed E-state index contributed by atoms with van der Waals surface area (Å²) in [4.78, 5) is 14.6. The number of aliphatic hydroxyl groups excluding tert-OH is 3. The Labute approximate surface area is 212 Å². The second kappa shape index (κ2) is 7.90. The van der Waals surface area contributed by atoms with Gasteiger partial charge < -0.3 is 25.2 Å². The number of carbonyl (C=O) groups excluding carboxylic acids is 1. The summed E-state index contributed by atoms with van der Waals surface area (Å²) in [7, 11) is 3.28. The van der Waals surface area contributed by atoms with Crippen LogP contribution in [-0.2, 0) is 11.8 Å². The number of carbonyl (C=O) groups is 1. The van der Waals surface area contributed by atoms with Gasteiger partial charge in [-0.05, 0) is 54.6 Å². The molecule has 0 aliphatic heterocycles. The minimum atomic E-state index is -2.06. The van der Waals surface area contributed by atoms with Crippen LogP contribution in [-0.4, -0.2) is 73.9 Å². The summed E-state index contributed by atoms with van der Waals surface area (Å²) in [5.74, 6) is 0.464. The van der Waals surface area contributed by atoms with Crippen molar-refractivity contribution in [2.75, 3.05) is 18.6 Å². The van der Waals surface area contributed by atoms with E-state index in [1.54, 1.807) is 37.8 Å². The summed E-state index contributed by atoms with van der Waals surface area (Å²) in [5, 5.41) is 50.7. The summed E-state index contributed by atoms with van der Waals surface area (Å²) < 4.78 is 7.51. The predicted octanol–water partition coefficient (Wildman–Crippen LogP) is 1.93. The van der Waals surface area contributed by atoms with Crippen LogP contribution in [0.5, 0.6) is 0 Å². The second-order valence-electron chi connectivity index (χ2n) is 12.2. The average Bonchev–Trinajstić information content (AvgIpc) is 3.09. The Morgan fingerprint density at radius 1 is 1.31 bits per heavy atom. The zero-order chi connectivity index (χ0) is 26.5. The molecule has 198 valence electrons. The van der Waals surface area contributed by atoms with Gasteiger partial charge in [-0.1, -0.05) is 32.9 Å². The predicted molar refractivity (Wildman–Crippen MR) is 133 cm³/mol. The molecule has 4 N–H and O–H groups in total. The molecule has 1 aromatic heterocycles. The highest BCUT2D eigenvalue weighted by Gasteiger charge is 2.76. The van der Waals surface area contributed by atoms with Gasteiger partial charge in [0.25, 0.3) is 0 Å². The number of aryl methyl sites for hydroxylation is 2. The molecule has 9 nitrogen and oxygen atoms in total. The number of nitrogens with zero attached hydrogens (tertiary/aromatic N) is 3. The van der Waals surface area contributed by atoms with E-state index in [-0.39, 0.29) is 28.7 Å². The van der Waals surface area contributed by atoms with Crippen molar-refractivity contribution in [1.29, 1.82) is 0 Å². The van der Waals surface area contributed by atoms with Gasteiger partial charge in [-0.15, -0.1) is 0 Å². The average molecular weight is 502 g/mol. The molecule has 5 rings (SSSR count). The van der Waals surface area contributed by atoms with Crippen LogP contribution >= 0.6 is 0 Å². The molecule has 2 bridgehead atoms. The van der Waals surface area contributed by atoms with Gasteiger partial charge in [0.15, 0.2) is 6.10 Å². The summed E-state index contributed by atoms with van der Waals surface area (Å²) in [6.45, 7) is 9.49. The fraction of sp³-hybridized carbons (Fsp3) is 0.704. The molecule has 1 spiro atoms. The van der Waals surface area contributed by atoms with Gasteiger partial charge in [0.05, 0.1) is 23.8 Å². The lowest BCUT2D eigenvalue weighted by atomic mass is 9.58. The van der Waals surface area contributed by atoms with Gasteiger partial charge >= 0.3 is 6.09 Å². The van der Waals surface area contributed by atoms with Crippen LogP contribution in [0.15, 0.2) is 29.4 Å². The topological polar surface area (TPSA) is 128 Å². The Morgan fingerprint density at radius 2 is 1.97 bits per heavy atom. The van der Waals surface area contributed by atoms with E-state index in [0.717, 1.165) is 12.1 Å². The van der Waals surface area contributed by atoms with Crippen LogP contribution in [0.2, 0.25) is 0 Å². The number of aliphatic hydroxyl groups is 4. The molecular weight excluding hydrogens is 462 g/mol. The third kappa shape index (κ3) is 3.03. The molecule has 1 amide bonds. The molecule has 1 unspecified atom stereocenters. The first kappa shape index (κ1) is 25.4. The molecular formula is C27H39N3O6. The smallest absolute Gasteiger partial charge is 0.415 e. The number of fused-ring (bicyclic) bond motifs is 3. The summed E-state index contributed by atoms with van der Waals surface area (Å²) in [6, 6.07) is 1.75. The minimum absolute atomic E-state index is 0.0131. The van der Waals surface area contributed by atoms with Gasteiger partial charge in [-0.2, -0.15) is 5.10 Å². The lowest BCUT2D eigenvalue weighted by Crippen LogP contribution is -2.67. The van der Waals surface area contributed by atoms with Crippen LogP contribution in [0.25, 0.3) is 0 Å². The van der Waals surface area contributed by atoms with Crippen LogP contribution in [0.4, 0.5) is 10.6 Å². The van der Waals surface area contributed by atoms with Crippen LogP contribution < -0.4 is 4.90 Å². The first-order chi connectivity index (χ1) is 16.7. The molecule has 0 aromatic carbocycles. The molecule has 9 atom stereocenters. The first-order valence-corrected chi connectivity index (χ1v) is 12.8. The van der Waals surface area contributed by atoms with E-state index >= 15 is 0 Å². The highest BCUT2D eigenvalue weighted by molar-refractivity contribution is 5.86. The standard InChI is InChI=1S/C27H39N3O6/c1-13-11-26-14(2)8-18-20(25(18,4)5)17(22(26)33)10-16(12-31)21(32)27(26,35)23(13)36-24(34)29(6)19-9-15(3)28-30(19)7/h9-11,14,17-18,20-23,31-33,35H,8,12H2,1-7H3/t14-,17+,18-,20+,21-,22?,23+,26+,27+/m1/s1. The third-order valence-corrected chi connectivity index (χ3v) is 9.97. The number of hydrogen-bond donors (Lipinski definition) is 4. The molecule has 4 aliphatic rings. The second-order valence-corrected chi connectivity index (χ2v) is 12.2. The van der Waals surface area contributed by atoms with Gasteiger partial charge in [0, 0.05) is 26.1 Å². The quantitative estimate of drug-likeness (QED) is 0.466. The molecule has 1 aromatic rings. The van der Waals surface area contributed by atoms with Crippen molar-refractivity contribution < 1.29 is 30.0 Å². The molecule has 36 heavy (non-hydrogen) atoms. The summed E-state index contributed by atoms with van der Waals surface area (Å²) >= 11 is 0. The number of amides is 1. The normalized spacial score (nSPS) is 42.4. The lowest BCUT2D eigenvalue weighted by molar-refractivity contribution is -0.214. The van der Waals surface area contributed by atoms with E-state index in [9.17, 15) is 25.2 Å². The van der Waals surface area contributed by atoms with E-state index in [0.29, 0.717) is 17.3 Å². The van der Waals surface area contributed by atoms with Gasteiger partial charge in [0.2, 0.25) is 0 Å². The Hall–Kier alpha value is -2.20. The van der Waals surface area contributed by atoms with Crippen molar-refractivity contribution in [3.05, 3.63) is 35.1 Å². The van der Waals surface area contributed by atoms with Crippen molar-refractivity contribution in [2.45, 2.75) is 65.0 Å². The Kier molecular flexibility index (Phi) is 5.58. The Balaban J connectivity index is 1.58. The fourth-order valence-corrected chi connectivity index (χ4v) is 8.09. The van der Waals surface area contributed by atoms with Gasteiger partial charge in [-0.25, -0.2) is 4.79 Å². The van der Waals surface area contributed by atoms with Crippen LogP contribution in [0.1, 0.15) is 39.8 Å². The minimum Gasteiger partial charge on any atom is -0.438 e. The molecule has 1 heterocycles. The number of hydrogen-bond acceptors (Lipinski definition) is 7. The van der Waals surface area contributed by atoms with Crippen LogP contribution in [0, 0.1) is 41.4 Å². The van der Waals surface area contributed by atoms with E-state index in [1.807, 2.05) is 19.9 Å². The molecule has 4 aliphatic carbocycles. The fourth-order valence-electron chi connectivity index (χ4n) is 8.09. The maximum Gasteiger partial charge on any atom is 0.415 e. The molecule has 2 fully saturated rings. The number of aromatic nitrogens is 2. The van der Waals surface area contributed by atoms with Crippen LogP contribution in [0.3, 0.4) is 0 Å².